The van der Waals surface area contributed by atoms with Crippen molar-refractivity contribution in [2.75, 3.05) is 36.9 Å². The second-order valence-electron chi connectivity index (χ2n) is 22.7. The molecule has 0 bridgehead atoms. The largest absolute Gasteiger partial charge is 0.449 e. The van der Waals surface area contributed by atoms with Gasteiger partial charge in [0.1, 0.15) is 36.5 Å². The van der Waals surface area contributed by atoms with Crippen molar-refractivity contribution in [1.29, 1.82) is 0 Å². The van der Waals surface area contributed by atoms with Crippen molar-refractivity contribution in [3.63, 3.8) is 0 Å². The fraction of sp³-hybridized carbons (Fsp3) is 0.312. The number of carbonyl (C=O) groups excluding carboxylic acids is 6. The molecule has 0 unspecified atom stereocenters. The third-order valence-electron chi connectivity index (χ3n) is 14.6. The number of fused-ring (bicyclic) bond motifs is 6. The smallest absolute Gasteiger partial charge is 0.411 e. The van der Waals surface area contributed by atoms with Crippen LogP contribution < -0.4 is 21.3 Å². The van der Waals surface area contributed by atoms with E-state index in [9.17, 15) is 28.8 Å². The van der Waals surface area contributed by atoms with Crippen LogP contribution in [0.2, 0.25) is 0 Å². The number of nitrogens with one attached hydrogen (secondary N) is 4. The quantitative estimate of drug-likeness (QED) is 0.0677. The summed E-state index contributed by atoms with van der Waals surface area (Å²) in [5, 5.41) is 11.6. The maximum atomic E-state index is 13.9. The first-order chi connectivity index (χ1) is 38.3. The molecule has 4 atom stereocenters. The summed E-state index contributed by atoms with van der Waals surface area (Å²) >= 11 is 0. The van der Waals surface area contributed by atoms with Gasteiger partial charge in [0.25, 0.3) is 0 Å². The lowest BCUT2D eigenvalue weighted by Gasteiger charge is -2.28. The number of likely N-dealkylation sites (tertiary alicyclic amines) is 2. The van der Waals surface area contributed by atoms with Gasteiger partial charge in [-0.1, -0.05) is 133 Å². The van der Waals surface area contributed by atoms with Crippen LogP contribution in [0.15, 0.2) is 146 Å². The molecular weight excluding hydrogens is 1010 g/mol. The first-order valence-corrected chi connectivity index (χ1v) is 27.1. The highest BCUT2D eigenvalue weighted by Crippen LogP contribution is 2.46. The molecule has 6 aromatic carbocycles. The number of alkyl carbamates (subject to hydrolysis) is 2. The average Bonchev–Trinajstić information content (AvgIpc) is 4.28. The molecule has 6 amide bonds. The Hall–Kier alpha value is -8.92. The van der Waals surface area contributed by atoms with E-state index in [1.54, 1.807) is 65.8 Å². The Balaban J connectivity index is 0.720. The predicted octanol–water partition coefficient (Wildman–Crippen LogP) is 11.6. The van der Waals surface area contributed by atoms with Gasteiger partial charge in [-0.25, -0.2) is 19.2 Å². The number of benzene rings is 6. The topological polar surface area (TPSA) is 194 Å². The Kier molecular flexibility index (Phi) is 15.5. The summed E-state index contributed by atoms with van der Waals surface area (Å²) in [7, 11) is 0. The van der Waals surface area contributed by atoms with Crippen molar-refractivity contribution in [3.05, 3.63) is 179 Å². The normalized spacial score (nSPS) is 18.4. The molecule has 0 spiro atoms. The number of nitrogens with zero attached hydrogens (tertiary/aromatic N) is 2. The minimum absolute atomic E-state index is 0.0488. The van der Waals surface area contributed by atoms with Gasteiger partial charge in [0.05, 0.1) is 12.1 Å². The van der Waals surface area contributed by atoms with Crippen LogP contribution in [0.4, 0.5) is 30.6 Å². The fourth-order valence-electron chi connectivity index (χ4n) is 11.0. The minimum atomic E-state index is -0.936. The SMILES string of the molecule is CC(C)(C)OC(=O)N1C[C@@H](NC(=O)OCC2c3ccccc3-c3ccccc32)C[C@H]1C(=O)Nc1ccc(C=Cc2ccc(NC(=O)[C@@H]3C[C@H](NC(=O)OCC4c5ccccc5-c5ccccc54)CN3C(=O)OC(C)(C)C)cc2)cc1. The van der Waals surface area contributed by atoms with Crippen molar-refractivity contribution in [1.82, 2.24) is 20.4 Å². The van der Waals surface area contributed by atoms with Gasteiger partial charge < -0.3 is 40.2 Å². The summed E-state index contributed by atoms with van der Waals surface area (Å²) in [5.41, 5.74) is 9.90. The van der Waals surface area contributed by atoms with Crippen LogP contribution in [0.3, 0.4) is 0 Å². The van der Waals surface area contributed by atoms with Crippen LogP contribution >= 0.6 is 0 Å². The first-order valence-electron chi connectivity index (χ1n) is 27.1. The maximum absolute atomic E-state index is 13.9. The highest BCUT2D eigenvalue weighted by atomic mass is 16.6. The molecule has 2 heterocycles. The van der Waals surface area contributed by atoms with E-state index in [1.807, 2.05) is 109 Å². The van der Waals surface area contributed by atoms with Crippen molar-refractivity contribution < 1.29 is 47.7 Å². The molecular formula is C64H66N6O10. The lowest BCUT2D eigenvalue weighted by molar-refractivity contribution is -0.121. The van der Waals surface area contributed by atoms with Crippen molar-refractivity contribution in [2.45, 2.75) is 102 Å². The number of carbonyl (C=O) groups is 6. The van der Waals surface area contributed by atoms with E-state index < -0.39 is 71.6 Å². The highest BCUT2D eigenvalue weighted by Gasteiger charge is 2.44. The number of rotatable bonds is 12. The van der Waals surface area contributed by atoms with Gasteiger partial charge in [0.2, 0.25) is 11.8 Å². The average molecular weight is 1080 g/mol. The zero-order chi connectivity index (χ0) is 56.3. The monoisotopic (exact) mass is 1080 g/mol. The van der Waals surface area contributed by atoms with Gasteiger partial charge in [0.15, 0.2) is 0 Å². The summed E-state index contributed by atoms with van der Waals surface area (Å²) in [6, 6.07) is 43.7. The lowest BCUT2D eigenvalue weighted by atomic mass is 9.98. The summed E-state index contributed by atoms with van der Waals surface area (Å²) in [5.74, 6) is -1.11. The van der Waals surface area contributed by atoms with Gasteiger partial charge >= 0.3 is 24.4 Å². The van der Waals surface area contributed by atoms with E-state index in [0.717, 1.165) is 55.6 Å². The Morgan fingerprint density at radius 2 is 0.775 bits per heavy atom. The van der Waals surface area contributed by atoms with E-state index in [0.29, 0.717) is 11.4 Å². The van der Waals surface area contributed by atoms with Crippen LogP contribution in [0.5, 0.6) is 0 Å². The summed E-state index contributed by atoms with van der Waals surface area (Å²) in [4.78, 5) is 84.0. The molecule has 10 rings (SSSR count). The van der Waals surface area contributed by atoms with Crippen LogP contribution in [-0.4, -0.2) is 108 Å². The van der Waals surface area contributed by atoms with Crippen LogP contribution in [0.25, 0.3) is 34.4 Å². The molecule has 4 N–H and O–H groups in total. The molecule has 6 aromatic rings. The molecule has 2 aliphatic carbocycles. The molecule has 0 saturated carbocycles. The Labute approximate surface area is 465 Å². The summed E-state index contributed by atoms with van der Waals surface area (Å²) < 4.78 is 23.0. The molecule has 0 aromatic heterocycles. The molecule has 2 aliphatic heterocycles. The van der Waals surface area contributed by atoms with E-state index in [-0.39, 0.29) is 51.0 Å². The van der Waals surface area contributed by atoms with E-state index in [1.165, 1.54) is 9.80 Å². The zero-order valence-electron chi connectivity index (χ0n) is 45.7. The predicted molar refractivity (Wildman–Crippen MR) is 306 cm³/mol. The van der Waals surface area contributed by atoms with Crippen LogP contribution in [0.1, 0.15) is 99.6 Å². The Morgan fingerprint density at radius 1 is 0.463 bits per heavy atom. The number of anilines is 2. The molecule has 412 valence electrons. The van der Waals surface area contributed by atoms with Gasteiger partial charge in [-0.3, -0.25) is 19.4 Å². The standard InChI is InChI=1S/C64H66N6O10/c1-63(2,3)79-61(75)69-35-43(67-59(73)77-37-53-49-19-11-7-15-45(49)46-16-8-12-20-50(46)53)33-55(69)57(71)65-41-29-25-39(26-30-41)23-24-40-27-31-42(32-28-40)66-58(72)56-34-44(36-70(56)62(76)80-64(4,5)6)68-60(74)78-38-54-51-21-13-9-17-47(51)48-18-10-14-22-52(48)54/h7-32,43-44,53-56H,33-38H2,1-6H3,(H,65,71)(H,66,72)(H,67,73)(H,68,74)/t43-,44-,55-,56-/m0/s1. The third kappa shape index (κ3) is 12.5. The van der Waals surface area contributed by atoms with Gasteiger partial charge in [-0.15, -0.1) is 0 Å². The Morgan fingerprint density at radius 3 is 1.09 bits per heavy atom. The number of hydrogen-bond acceptors (Lipinski definition) is 10. The zero-order valence-corrected chi connectivity index (χ0v) is 45.7. The van der Waals surface area contributed by atoms with Crippen LogP contribution in [-0.2, 0) is 28.5 Å². The maximum Gasteiger partial charge on any atom is 0.411 e. The first kappa shape index (κ1) is 54.4. The number of amides is 6. The van der Waals surface area contributed by atoms with Crippen LogP contribution in [0, 0.1) is 0 Å². The third-order valence-corrected chi connectivity index (χ3v) is 14.6. The van der Waals surface area contributed by atoms with Gasteiger partial charge in [-0.05, 0) is 134 Å². The summed E-state index contributed by atoms with van der Waals surface area (Å²) in [6.07, 6.45) is 1.49. The van der Waals surface area contributed by atoms with Gasteiger partial charge in [-0.2, -0.15) is 0 Å². The van der Waals surface area contributed by atoms with Gasteiger partial charge in [0, 0.05) is 36.3 Å². The van der Waals surface area contributed by atoms with Crippen molar-refractivity contribution in [2.24, 2.45) is 0 Å². The second-order valence-corrected chi connectivity index (χ2v) is 22.7. The van der Waals surface area contributed by atoms with E-state index >= 15 is 0 Å². The lowest BCUT2D eigenvalue weighted by Crippen LogP contribution is -2.45. The molecule has 80 heavy (non-hydrogen) atoms. The number of hydrogen-bond donors (Lipinski definition) is 4. The second kappa shape index (κ2) is 22.8. The van der Waals surface area contributed by atoms with E-state index in [2.05, 4.69) is 45.5 Å². The van der Waals surface area contributed by atoms with Crippen molar-refractivity contribution >= 4 is 59.7 Å². The molecule has 0 radical (unpaired) electrons. The Bertz CT molecular complexity index is 3030. The van der Waals surface area contributed by atoms with E-state index in [4.69, 9.17) is 18.9 Å². The number of ether oxygens (including phenoxy) is 4. The molecule has 2 fully saturated rings. The summed E-state index contributed by atoms with van der Waals surface area (Å²) in [6.45, 7) is 10.9. The fourth-order valence-corrected chi connectivity index (χ4v) is 11.0. The van der Waals surface area contributed by atoms with Crippen molar-refractivity contribution in [3.8, 4) is 22.3 Å². The minimum Gasteiger partial charge on any atom is -0.449 e. The highest BCUT2D eigenvalue weighted by molar-refractivity contribution is 5.98. The molecule has 16 heteroatoms. The molecule has 4 aliphatic rings. The molecule has 16 nitrogen and oxygen atoms in total. The molecule has 2 saturated heterocycles.